The molecule has 1 amide bonds. The zero-order valence-electron chi connectivity index (χ0n) is 9.49. The van der Waals surface area contributed by atoms with Gasteiger partial charge in [0.25, 0.3) is 0 Å². The molecule has 3 N–H and O–H groups in total. The largest absolute Gasteiger partial charge is 0.325 e. The van der Waals surface area contributed by atoms with Crippen molar-refractivity contribution in [2.24, 2.45) is 5.73 Å². The molecular weight excluding hydrogens is 204 g/mol. The quantitative estimate of drug-likeness (QED) is 0.756. The van der Waals surface area contributed by atoms with Crippen molar-refractivity contribution in [3.8, 4) is 0 Å². The maximum Gasteiger partial charge on any atom is 0.241 e. The molecule has 1 rings (SSSR count). The highest BCUT2D eigenvalue weighted by Gasteiger charge is 2.10. The van der Waals surface area contributed by atoms with E-state index < -0.39 is 6.04 Å². The first-order valence-electron chi connectivity index (χ1n) is 5.22. The van der Waals surface area contributed by atoms with E-state index in [9.17, 15) is 9.59 Å². The van der Waals surface area contributed by atoms with Crippen molar-refractivity contribution in [3.05, 3.63) is 29.8 Å². The zero-order chi connectivity index (χ0) is 12.1. The number of carbonyl (C=O) groups is 2. The Balaban J connectivity index is 2.69. The van der Waals surface area contributed by atoms with E-state index >= 15 is 0 Å². The molecular formula is C12H16N2O2. The molecule has 0 aliphatic carbocycles. The number of anilines is 1. The van der Waals surface area contributed by atoms with Gasteiger partial charge >= 0.3 is 0 Å². The Morgan fingerprint density at radius 2 is 1.88 bits per heavy atom. The maximum absolute atomic E-state index is 11.5. The van der Waals surface area contributed by atoms with Crippen LogP contribution in [0.25, 0.3) is 0 Å². The lowest BCUT2D eigenvalue weighted by Crippen LogP contribution is -2.34. The highest BCUT2D eigenvalue weighted by atomic mass is 16.2. The lowest BCUT2D eigenvalue weighted by atomic mass is 10.1. The Morgan fingerprint density at radius 1 is 1.31 bits per heavy atom. The number of nitrogens with two attached hydrogens (primary N) is 1. The minimum atomic E-state index is -0.493. The van der Waals surface area contributed by atoms with E-state index in [0.29, 0.717) is 17.7 Å². The van der Waals surface area contributed by atoms with Crippen LogP contribution in [0.4, 0.5) is 5.69 Å². The van der Waals surface area contributed by atoms with Crippen LogP contribution < -0.4 is 11.1 Å². The Bertz CT molecular complexity index is 385. The van der Waals surface area contributed by atoms with Gasteiger partial charge in [0.15, 0.2) is 5.78 Å². The second-order valence-corrected chi connectivity index (χ2v) is 3.64. The smallest absolute Gasteiger partial charge is 0.241 e. The Labute approximate surface area is 94.8 Å². The number of carbonyl (C=O) groups excluding carboxylic acids is 2. The molecule has 0 saturated heterocycles. The summed E-state index contributed by atoms with van der Waals surface area (Å²) >= 11 is 0. The molecule has 0 fully saturated rings. The van der Waals surface area contributed by atoms with Crippen molar-refractivity contribution in [3.63, 3.8) is 0 Å². The van der Waals surface area contributed by atoms with E-state index in [-0.39, 0.29) is 11.7 Å². The molecule has 4 heteroatoms. The number of Topliss-reactive ketones (excluding diaryl/α,β-unsaturated/α-hetero) is 1. The Morgan fingerprint density at radius 3 is 2.31 bits per heavy atom. The molecule has 0 radical (unpaired) electrons. The molecule has 0 bridgehead atoms. The molecule has 4 nitrogen and oxygen atoms in total. The molecule has 0 aromatic heterocycles. The van der Waals surface area contributed by atoms with Crippen molar-refractivity contribution in [2.75, 3.05) is 5.32 Å². The zero-order valence-corrected chi connectivity index (χ0v) is 9.49. The van der Waals surface area contributed by atoms with Crippen molar-refractivity contribution in [1.82, 2.24) is 0 Å². The Hall–Kier alpha value is -1.68. The van der Waals surface area contributed by atoms with E-state index in [0.717, 1.165) is 0 Å². The number of nitrogens with one attached hydrogen (secondary N) is 1. The van der Waals surface area contributed by atoms with Gasteiger partial charge in [-0.15, -0.1) is 0 Å². The van der Waals surface area contributed by atoms with Crippen LogP contribution in [0.2, 0.25) is 0 Å². The van der Waals surface area contributed by atoms with E-state index in [1.54, 1.807) is 24.3 Å². The summed E-state index contributed by atoms with van der Waals surface area (Å²) in [4.78, 5) is 22.5. The molecule has 1 atom stereocenters. The van der Waals surface area contributed by atoms with Gasteiger partial charge in [0.05, 0.1) is 6.04 Å². The number of hydrogen-bond donors (Lipinski definition) is 2. The van der Waals surface area contributed by atoms with Gasteiger partial charge in [-0.05, 0) is 37.6 Å². The average molecular weight is 220 g/mol. The van der Waals surface area contributed by atoms with Crippen LogP contribution >= 0.6 is 0 Å². The van der Waals surface area contributed by atoms with Gasteiger partial charge in [-0.1, -0.05) is 6.92 Å². The van der Waals surface area contributed by atoms with E-state index in [4.69, 9.17) is 5.73 Å². The fraction of sp³-hybridized carbons (Fsp3) is 0.333. The summed E-state index contributed by atoms with van der Waals surface area (Å²) in [6, 6.07) is 6.24. The molecule has 0 spiro atoms. The second-order valence-electron chi connectivity index (χ2n) is 3.64. The first-order valence-corrected chi connectivity index (χ1v) is 5.22. The average Bonchev–Trinajstić information content (AvgIpc) is 2.28. The molecule has 0 aliphatic heterocycles. The summed E-state index contributed by atoms with van der Waals surface area (Å²) in [5, 5.41) is 2.68. The van der Waals surface area contributed by atoms with Gasteiger partial charge in [0.1, 0.15) is 0 Å². The highest BCUT2D eigenvalue weighted by Crippen LogP contribution is 2.10. The molecule has 0 heterocycles. The summed E-state index contributed by atoms with van der Waals surface area (Å²) in [7, 11) is 0. The van der Waals surface area contributed by atoms with Crippen LogP contribution in [-0.2, 0) is 4.79 Å². The van der Waals surface area contributed by atoms with Gasteiger partial charge in [-0.25, -0.2) is 0 Å². The fourth-order valence-corrected chi connectivity index (χ4v) is 1.21. The van der Waals surface area contributed by atoms with Gasteiger partial charge < -0.3 is 11.1 Å². The van der Waals surface area contributed by atoms with Gasteiger partial charge in [0, 0.05) is 11.3 Å². The lowest BCUT2D eigenvalue weighted by molar-refractivity contribution is -0.117. The number of ketones is 1. The first kappa shape index (κ1) is 12.4. The predicted octanol–water partition coefficient (Wildman–Crippen LogP) is 1.56. The van der Waals surface area contributed by atoms with E-state index in [1.807, 2.05) is 6.92 Å². The number of amides is 1. The number of benzene rings is 1. The van der Waals surface area contributed by atoms with Crippen molar-refractivity contribution < 1.29 is 9.59 Å². The Kier molecular flexibility index (Phi) is 4.19. The topological polar surface area (TPSA) is 72.2 Å². The SMILES string of the molecule is CCC(N)C(=O)Nc1ccc(C(C)=O)cc1. The summed E-state index contributed by atoms with van der Waals surface area (Å²) in [6.07, 6.45) is 0.595. The standard InChI is InChI=1S/C12H16N2O2/c1-3-11(13)12(16)14-10-6-4-9(5-7-10)8(2)15/h4-7,11H,3,13H2,1-2H3,(H,14,16). The summed E-state index contributed by atoms with van der Waals surface area (Å²) < 4.78 is 0. The predicted molar refractivity (Wildman–Crippen MR) is 63.3 cm³/mol. The van der Waals surface area contributed by atoms with E-state index in [1.165, 1.54) is 6.92 Å². The summed E-state index contributed by atoms with van der Waals surface area (Å²) in [6.45, 7) is 3.35. The van der Waals surface area contributed by atoms with Gasteiger partial charge in [0.2, 0.25) is 5.91 Å². The van der Waals surface area contributed by atoms with Crippen LogP contribution in [0.5, 0.6) is 0 Å². The van der Waals surface area contributed by atoms with Crippen molar-refractivity contribution in [1.29, 1.82) is 0 Å². The molecule has 0 aliphatic rings. The third-order valence-electron chi connectivity index (χ3n) is 2.34. The van der Waals surface area contributed by atoms with Gasteiger partial charge in [-0.2, -0.15) is 0 Å². The minimum Gasteiger partial charge on any atom is -0.325 e. The molecule has 0 saturated carbocycles. The van der Waals surface area contributed by atoms with Crippen LogP contribution in [0, 0.1) is 0 Å². The summed E-state index contributed by atoms with van der Waals surface area (Å²) in [5.74, 6) is -0.207. The van der Waals surface area contributed by atoms with Crippen molar-refractivity contribution in [2.45, 2.75) is 26.3 Å². The molecule has 86 valence electrons. The van der Waals surface area contributed by atoms with Crippen molar-refractivity contribution >= 4 is 17.4 Å². The minimum absolute atomic E-state index is 0.00290. The fourth-order valence-electron chi connectivity index (χ4n) is 1.21. The highest BCUT2D eigenvalue weighted by molar-refractivity contribution is 5.96. The van der Waals surface area contributed by atoms with Crippen LogP contribution in [0.3, 0.4) is 0 Å². The third-order valence-corrected chi connectivity index (χ3v) is 2.34. The lowest BCUT2D eigenvalue weighted by Gasteiger charge is -2.10. The van der Waals surface area contributed by atoms with Crippen LogP contribution in [-0.4, -0.2) is 17.7 Å². The summed E-state index contributed by atoms with van der Waals surface area (Å²) in [5.41, 5.74) is 6.85. The maximum atomic E-state index is 11.5. The third kappa shape index (κ3) is 3.17. The molecule has 16 heavy (non-hydrogen) atoms. The van der Waals surface area contributed by atoms with Gasteiger partial charge in [-0.3, -0.25) is 9.59 Å². The normalized spacial score (nSPS) is 11.9. The molecule has 1 aromatic carbocycles. The van der Waals surface area contributed by atoms with Crippen LogP contribution in [0.15, 0.2) is 24.3 Å². The van der Waals surface area contributed by atoms with E-state index in [2.05, 4.69) is 5.32 Å². The number of rotatable bonds is 4. The molecule has 1 aromatic rings. The molecule has 1 unspecified atom stereocenters. The first-order chi connectivity index (χ1) is 7.54. The van der Waals surface area contributed by atoms with Crippen LogP contribution in [0.1, 0.15) is 30.6 Å². The second kappa shape index (κ2) is 5.42. The number of hydrogen-bond acceptors (Lipinski definition) is 3. The monoisotopic (exact) mass is 220 g/mol.